The normalized spacial score (nSPS) is 18.5. The van der Waals surface area contributed by atoms with Crippen LogP contribution in [0.15, 0.2) is 24.3 Å². The summed E-state index contributed by atoms with van der Waals surface area (Å²) in [6.07, 6.45) is 2.64. The van der Waals surface area contributed by atoms with Gasteiger partial charge in [-0.1, -0.05) is 31.2 Å². The van der Waals surface area contributed by atoms with Crippen molar-refractivity contribution >= 4 is 5.91 Å². The van der Waals surface area contributed by atoms with Crippen LogP contribution in [0.25, 0.3) is 0 Å². The molecule has 3 heteroatoms. The highest BCUT2D eigenvalue weighted by molar-refractivity contribution is 5.79. The fraction of sp³-hybridized carbons (Fsp3) is 0.562. The number of nitrogens with one attached hydrogen (secondary N) is 1. The van der Waals surface area contributed by atoms with Crippen molar-refractivity contribution in [1.82, 2.24) is 10.2 Å². The lowest BCUT2D eigenvalue weighted by molar-refractivity contribution is -0.132. The lowest BCUT2D eigenvalue weighted by Crippen LogP contribution is -2.42. The first-order valence-electron chi connectivity index (χ1n) is 7.27. The van der Waals surface area contributed by atoms with Crippen LogP contribution in [0.2, 0.25) is 0 Å². The fourth-order valence-corrected chi connectivity index (χ4v) is 2.73. The molecule has 0 radical (unpaired) electrons. The highest BCUT2D eigenvalue weighted by atomic mass is 16.2. The molecule has 0 spiro atoms. The van der Waals surface area contributed by atoms with E-state index in [4.69, 9.17) is 0 Å². The standard InChI is InChI=1S/C16H24N2O/c1-3-10-18(15-8-9-17-12-15)16(19)11-14-7-5-4-6-13(14)2/h4-7,15,17H,3,8-12H2,1-2H3. The van der Waals surface area contributed by atoms with Gasteiger partial charge in [-0.25, -0.2) is 0 Å². The molecular weight excluding hydrogens is 236 g/mol. The third-order valence-corrected chi connectivity index (χ3v) is 3.86. The molecule has 1 N–H and O–H groups in total. The summed E-state index contributed by atoms with van der Waals surface area (Å²) in [5.74, 6) is 0.268. The Morgan fingerprint density at radius 1 is 1.42 bits per heavy atom. The zero-order valence-electron chi connectivity index (χ0n) is 12.0. The Balaban J connectivity index is 2.05. The maximum absolute atomic E-state index is 12.5. The lowest BCUT2D eigenvalue weighted by Gasteiger charge is -2.28. The van der Waals surface area contributed by atoms with Crippen molar-refractivity contribution in [1.29, 1.82) is 0 Å². The molecule has 0 aliphatic carbocycles. The van der Waals surface area contributed by atoms with E-state index in [1.165, 1.54) is 5.56 Å². The van der Waals surface area contributed by atoms with Crippen molar-refractivity contribution < 1.29 is 4.79 Å². The molecule has 1 saturated heterocycles. The minimum Gasteiger partial charge on any atom is -0.338 e. The summed E-state index contributed by atoms with van der Waals surface area (Å²) in [5.41, 5.74) is 2.36. The molecule has 1 aliphatic heterocycles. The molecule has 1 aromatic carbocycles. The van der Waals surface area contributed by atoms with Gasteiger partial charge in [-0.2, -0.15) is 0 Å². The molecule has 0 saturated carbocycles. The van der Waals surface area contributed by atoms with Crippen LogP contribution >= 0.6 is 0 Å². The van der Waals surface area contributed by atoms with Crippen LogP contribution < -0.4 is 5.32 Å². The van der Waals surface area contributed by atoms with Gasteiger partial charge in [0.2, 0.25) is 5.91 Å². The summed E-state index contributed by atoms with van der Waals surface area (Å²) in [7, 11) is 0. The molecular formula is C16H24N2O. The summed E-state index contributed by atoms with van der Waals surface area (Å²) in [6.45, 7) is 7.05. The zero-order valence-corrected chi connectivity index (χ0v) is 12.0. The van der Waals surface area contributed by atoms with Crippen LogP contribution in [0.5, 0.6) is 0 Å². The van der Waals surface area contributed by atoms with E-state index in [0.29, 0.717) is 12.5 Å². The number of hydrogen-bond acceptors (Lipinski definition) is 2. The number of benzene rings is 1. The second-order valence-electron chi connectivity index (χ2n) is 5.34. The summed E-state index contributed by atoms with van der Waals surface area (Å²) in [6, 6.07) is 8.55. The molecule has 1 aliphatic rings. The summed E-state index contributed by atoms with van der Waals surface area (Å²) in [5, 5.41) is 3.35. The lowest BCUT2D eigenvalue weighted by atomic mass is 10.0. The molecule has 0 bridgehead atoms. The molecule has 1 aromatic rings. The van der Waals surface area contributed by atoms with Crippen LogP contribution in [-0.2, 0) is 11.2 Å². The minimum atomic E-state index is 0.268. The number of rotatable bonds is 5. The van der Waals surface area contributed by atoms with E-state index < -0.39 is 0 Å². The van der Waals surface area contributed by atoms with Crippen molar-refractivity contribution in [2.24, 2.45) is 0 Å². The smallest absolute Gasteiger partial charge is 0.227 e. The summed E-state index contributed by atoms with van der Waals surface area (Å²) >= 11 is 0. The van der Waals surface area contributed by atoms with E-state index in [9.17, 15) is 4.79 Å². The number of carbonyl (C=O) groups is 1. The van der Waals surface area contributed by atoms with Crippen molar-refractivity contribution in [3.63, 3.8) is 0 Å². The van der Waals surface area contributed by atoms with Gasteiger partial charge in [0.25, 0.3) is 0 Å². The van der Waals surface area contributed by atoms with E-state index in [2.05, 4.69) is 36.2 Å². The van der Waals surface area contributed by atoms with Crippen LogP contribution in [0.4, 0.5) is 0 Å². The molecule has 1 atom stereocenters. The van der Waals surface area contributed by atoms with Crippen LogP contribution in [-0.4, -0.2) is 36.5 Å². The molecule has 19 heavy (non-hydrogen) atoms. The van der Waals surface area contributed by atoms with Crippen molar-refractivity contribution in [3.05, 3.63) is 35.4 Å². The van der Waals surface area contributed by atoms with E-state index in [-0.39, 0.29) is 5.91 Å². The van der Waals surface area contributed by atoms with E-state index in [1.807, 2.05) is 12.1 Å². The molecule has 1 fully saturated rings. The Morgan fingerprint density at radius 3 is 2.84 bits per heavy atom. The number of amides is 1. The topological polar surface area (TPSA) is 32.3 Å². The van der Waals surface area contributed by atoms with Crippen LogP contribution in [0.3, 0.4) is 0 Å². The third kappa shape index (κ3) is 3.57. The van der Waals surface area contributed by atoms with E-state index in [0.717, 1.165) is 38.0 Å². The van der Waals surface area contributed by atoms with Gasteiger partial charge >= 0.3 is 0 Å². The molecule has 2 rings (SSSR count). The third-order valence-electron chi connectivity index (χ3n) is 3.86. The Morgan fingerprint density at radius 2 is 2.21 bits per heavy atom. The van der Waals surface area contributed by atoms with Crippen LogP contribution in [0.1, 0.15) is 30.9 Å². The van der Waals surface area contributed by atoms with Crippen molar-refractivity contribution in [2.45, 2.75) is 39.2 Å². The van der Waals surface area contributed by atoms with Gasteiger partial charge in [0, 0.05) is 19.1 Å². The Labute approximate surface area is 116 Å². The molecule has 1 unspecified atom stereocenters. The van der Waals surface area contributed by atoms with Gasteiger partial charge in [-0.3, -0.25) is 4.79 Å². The quantitative estimate of drug-likeness (QED) is 0.879. The number of aryl methyl sites for hydroxylation is 1. The second-order valence-corrected chi connectivity index (χ2v) is 5.34. The summed E-state index contributed by atoms with van der Waals surface area (Å²) < 4.78 is 0. The minimum absolute atomic E-state index is 0.268. The molecule has 1 amide bonds. The Kier molecular flexibility index (Phi) is 4.97. The van der Waals surface area contributed by atoms with Gasteiger partial charge in [0.1, 0.15) is 0 Å². The predicted octanol–water partition coefficient (Wildman–Crippen LogP) is 2.14. The first kappa shape index (κ1) is 14.1. The SMILES string of the molecule is CCCN(C(=O)Cc1ccccc1C)C1CCNC1. The van der Waals surface area contributed by atoms with E-state index >= 15 is 0 Å². The fourth-order valence-electron chi connectivity index (χ4n) is 2.73. The van der Waals surface area contributed by atoms with Gasteiger partial charge in [0.05, 0.1) is 6.42 Å². The zero-order chi connectivity index (χ0) is 13.7. The van der Waals surface area contributed by atoms with Gasteiger partial charge in [-0.05, 0) is 37.4 Å². The summed E-state index contributed by atoms with van der Waals surface area (Å²) in [4.78, 5) is 14.6. The first-order valence-corrected chi connectivity index (χ1v) is 7.27. The van der Waals surface area contributed by atoms with E-state index in [1.54, 1.807) is 0 Å². The molecule has 0 aromatic heterocycles. The maximum Gasteiger partial charge on any atom is 0.227 e. The number of nitrogens with zero attached hydrogens (tertiary/aromatic N) is 1. The molecule has 1 heterocycles. The highest BCUT2D eigenvalue weighted by Crippen LogP contribution is 2.14. The first-order chi connectivity index (χ1) is 9.22. The van der Waals surface area contributed by atoms with Gasteiger partial charge in [0.15, 0.2) is 0 Å². The highest BCUT2D eigenvalue weighted by Gasteiger charge is 2.25. The largest absolute Gasteiger partial charge is 0.338 e. The monoisotopic (exact) mass is 260 g/mol. The van der Waals surface area contributed by atoms with Gasteiger partial charge < -0.3 is 10.2 Å². The average Bonchev–Trinajstić information content (AvgIpc) is 2.92. The Bertz CT molecular complexity index is 425. The second kappa shape index (κ2) is 6.71. The maximum atomic E-state index is 12.5. The van der Waals surface area contributed by atoms with Crippen molar-refractivity contribution in [2.75, 3.05) is 19.6 Å². The Hall–Kier alpha value is -1.35. The van der Waals surface area contributed by atoms with Gasteiger partial charge in [-0.15, -0.1) is 0 Å². The van der Waals surface area contributed by atoms with Crippen molar-refractivity contribution in [3.8, 4) is 0 Å². The average molecular weight is 260 g/mol. The molecule has 104 valence electrons. The number of hydrogen-bond donors (Lipinski definition) is 1. The predicted molar refractivity (Wildman–Crippen MR) is 78.2 cm³/mol. The molecule has 3 nitrogen and oxygen atoms in total. The van der Waals surface area contributed by atoms with Crippen LogP contribution in [0, 0.1) is 6.92 Å². The number of carbonyl (C=O) groups excluding carboxylic acids is 1.